The monoisotopic (exact) mass is 451 g/mol. The Hall–Kier alpha value is -3.72. The molecule has 1 saturated heterocycles. The molecule has 0 unspecified atom stereocenters. The molecule has 1 amide bonds. The molecule has 33 heavy (non-hydrogen) atoms. The number of carbonyl (C=O) groups excluding carboxylic acids is 2. The summed E-state index contributed by atoms with van der Waals surface area (Å²) in [5.74, 6) is -0.400. The van der Waals surface area contributed by atoms with Crippen LogP contribution in [0.15, 0.2) is 42.5 Å². The van der Waals surface area contributed by atoms with E-state index >= 15 is 0 Å². The van der Waals surface area contributed by atoms with E-state index in [1.165, 1.54) is 19.1 Å². The van der Waals surface area contributed by atoms with Crippen molar-refractivity contribution in [3.05, 3.63) is 70.7 Å². The SMILES string of the molecule is CC(=O)c1c(N)c(N2CCOCC2)nn1-c1ccc(CNC(=O)c2cc(F)ccc2C)cc1. The zero-order chi connectivity index (χ0) is 23.5. The van der Waals surface area contributed by atoms with Gasteiger partial charge in [0.05, 0.1) is 18.9 Å². The summed E-state index contributed by atoms with van der Waals surface area (Å²) in [4.78, 5) is 26.8. The molecule has 3 aromatic rings. The molecule has 1 aromatic heterocycles. The molecular formula is C24H26FN5O3. The molecule has 2 heterocycles. The number of amides is 1. The first kappa shape index (κ1) is 22.5. The first-order valence-electron chi connectivity index (χ1n) is 10.7. The van der Waals surface area contributed by atoms with Gasteiger partial charge in [0.2, 0.25) is 0 Å². The highest BCUT2D eigenvalue weighted by atomic mass is 19.1. The summed E-state index contributed by atoms with van der Waals surface area (Å²) in [5, 5.41) is 7.43. The van der Waals surface area contributed by atoms with Crippen molar-refractivity contribution in [3.63, 3.8) is 0 Å². The van der Waals surface area contributed by atoms with E-state index in [4.69, 9.17) is 10.5 Å². The number of ketones is 1. The third-order valence-corrected chi connectivity index (χ3v) is 5.62. The lowest BCUT2D eigenvalue weighted by Crippen LogP contribution is -2.36. The lowest BCUT2D eigenvalue weighted by molar-refractivity contribution is 0.0948. The number of anilines is 2. The number of ether oxygens (including phenoxy) is 1. The van der Waals surface area contributed by atoms with Gasteiger partial charge in [0.15, 0.2) is 11.6 Å². The van der Waals surface area contributed by atoms with Gasteiger partial charge in [-0.25, -0.2) is 9.07 Å². The van der Waals surface area contributed by atoms with Crippen molar-refractivity contribution in [2.75, 3.05) is 36.9 Å². The van der Waals surface area contributed by atoms with E-state index in [1.54, 1.807) is 17.7 Å². The number of rotatable bonds is 6. The van der Waals surface area contributed by atoms with E-state index in [0.717, 1.165) is 5.56 Å². The topological polar surface area (TPSA) is 102 Å². The molecule has 0 radical (unpaired) electrons. The van der Waals surface area contributed by atoms with E-state index in [0.29, 0.717) is 60.3 Å². The molecule has 1 aliphatic rings. The third-order valence-electron chi connectivity index (χ3n) is 5.62. The molecule has 8 nitrogen and oxygen atoms in total. The summed E-state index contributed by atoms with van der Waals surface area (Å²) >= 11 is 0. The van der Waals surface area contributed by atoms with Gasteiger partial charge in [0.25, 0.3) is 5.91 Å². The maximum Gasteiger partial charge on any atom is 0.251 e. The second-order valence-corrected chi connectivity index (χ2v) is 7.96. The number of nitrogens with zero attached hydrogens (tertiary/aromatic N) is 3. The smallest absolute Gasteiger partial charge is 0.251 e. The summed E-state index contributed by atoms with van der Waals surface area (Å²) < 4.78 is 20.4. The Morgan fingerprint density at radius 2 is 1.85 bits per heavy atom. The van der Waals surface area contributed by atoms with E-state index in [2.05, 4.69) is 10.4 Å². The average Bonchev–Trinajstić information content (AvgIpc) is 3.17. The Kier molecular flexibility index (Phi) is 6.41. The van der Waals surface area contributed by atoms with Crippen molar-refractivity contribution in [1.29, 1.82) is 0 Å². The number of hydrogen-bond donors (Lipinski definition) is 2. The van der Waals surface area contributed by atoms with Crippen molar-refractivity contribution < 1.29 is 18.7 Å². The molecule has 172 valence electrons. The Morgan fingerprint density at radius 3 is 2.52 bits per heavy atom. The molecule has 0 spiro atoms. The van der Waals surface area contributed by atoms with Crippen molar-refractivity contribution in [2.45, 2.75) is 20.4 Å². The predicted molar refractivity (Wildman–Crippen MR) is 123 cm³/mol. The van der Waals surface area contributed by atoms with Gasteiger partial charge >= 0.3 is 0 Å². The summed E-state index contributed by atoms with van der Waals surface area (Å²) in [5.41, 5.74) is 9.52. The molecule has 2 aromatic carbocycles. The van der Waals surface area contributed by atoms with Gasteiger partial charge in [-0.05, 0) is 42.3 Å². The number of hydrogen-bond acceptors (Lipinski definition) is 6. The van der Waals surface area contributed by atoms with Crippen LogP contribution >= 0.6 is 0 Å². The van der Waals surface area contributed by atoms with Crippen LogP contribution in [0.1, 0.15) is 38.9 Å². The number of nitrogens with two attached hydrogens (primary N) is 1. The molecule has 3 N–H and O–H groups in total. The largest absolute Gasteiger partial charge is 0.394 e. The average molecular weight is 452 g/mol. The quantitative estimate of drug-likeness (QED) is 0.559. The van der Waals surface area contributed by atoms with Gasteiger partial charge in [-0.15, -0.1) is 5.10 Å². The van der Waals surface area contributed by atoms with Gasteiger partial charge in [0, 0.05) is 32.1 Å². The van der Waals surface area contributed by atoms with Crippen LogP contribution in [0.25, 0.3) is 5.69 Å². The normalized spacial score (nSPS) is 13.7. The number of carbonyl (C=O) groups is 2. The van der Waals surface area contributed by atoms with Gasteiger partial charge in [-0.1, -0.05) is 18.2 Å². The fraction of sp³-hybridized carbons (Fsp3) is 0.292. The van der Waals surface area contributed by atoms with Crippen LogP contribution in [0.2, 0.25) is 0 Å². The number of morpholine rings is 1. The summed E-state index contributed by atoms with van der Waals surface area (Å²) in [6.07, 6.45) is 0. The fourth-order valence-electron chi connectivity index (χ4n) is 3.82. The minimum Gasteiger partial charge on any atom is -0.394 e. The number of nitrogens with one attached hydrogen (secondary N) is 1. The zero-order valence-corrected chi connectivity index (χ0v) is 18.6. The first-order chi connectivity index (χ1) is 15.8. The van der Waals surface area contributed by atoms with Crippen LogP contribution in [0, 0.1) is 12.7 Å². The van der Waals surface area contributed by atoms with E-state index < -0.39 is 5.82 Å². The zero-order valence-electron chi connectivity index (χ0n) is 18.6. The highest BCUT2D eigenvalue weighted by molar-refractivity contribution is 6.00. The number of halogens is 1. The Morgan fingerprint density at radius 1 is 1.15 bits per heavy atom. The van der Waals surface area contributed by atoms with Crippen LogP contribution in [-0.4, -0.2) is 47.8 Å². The Labute approximate surface area is 191 Å². The van der Waals surface area contributed by atoms with Crippen LogP contribution in [0.3, 0.4) is 0 Å². The van der Waals surface area contributed by atoms with Crippen molar-refractivity contribution in [1.82, 2.24) is 15.1 Å². The molecular weight excluding hydrogens is 425 g/mol. The second-order valence-electron chi connectivity index (χ2n) is 7.96. The molecule has 4 rings (SSSR count). The van der Waals surface area contributed by atoms with Gasteiger partial charge in [0.1, 0.15) is 17.2 Å². The number of benzene rings is 2. The number of aromatic nitrogens is 2. The standard InChI is InChI=1S/C24H26FN5O3/c1-15-3-6-18(25)13-20(15)24(32)27-14-17-4-7-19(8-5-17)30-22(16(2)31)21(26)23(28-30)29-9-11-33-12-10-29/h3-8,13H,9-12,14,26H2,1-2H3,(H,27,32). The van der Waals surface area contributed by atoms with E-state index in [9.17, 15) is 14.0 Å². The Balaban J connectivity index is 1.52. The maximum atomic E-state index is 13.5. The third kappa shape index (κ3) is 4.73. The number of nitrogen functional groups attached to an aromatic ring is 1. The van der Waals surface area contributed by atoms with Crippen LogP contribution < -0.4 is 16.0 Å². The van der Waals surface area contributed by atoms with Crippen LogP contribution in [0.5, 0.6) is 0 Å². The summed E-state index contributed by atoms with van der Waals surface area (Å²) in [7, 11) is 0. The second kappa shape index (κ2) is 9.41. The van der Waals surface area contributed by atoms with Crippen LogP contribution in [0.4, 0.5) is 15.9 Å². The number of Topliss-reactive ketones (excluding diaryl/α,β-unsaturated/α-hetero) is 1. The summed E-state index contributed by atoms with van der Waals surface area (Å²) in [6, 6.07) is 11.4. The fourth-order valence-corrected chi connectivity index (χ4v) is 3.82. The minimum atomic E-state index is -0.452. The van der Waals surface area contributed by atoms with Gasteiger partial charge < -0.3 is 20.7 Å². The predicted octanol–water partition coefficient (Wildman–Crippen LogP) is 2.87. The Bertz CT molecular complexity index is 1180. The van der Waals surface area contributed by atoms with Gasteiger partial charge in [-0.3, -0.25) is 9.59 Å². The van der Waals surface area contributed by atoms with Crippen LogP contribution in [-0.2, 0) is 11.3 Å². The van der Waals surface area contributed by atoms with Crippen molar-refractivity contribution in [3.8, 4) is 5.69 Å². The van der Waals surface area contributed by atoms with Crippen molar-refractivity contribution >= 4 is 23.2 Å². The summed E-state index contributed by atoms with van der Waals surface area (Å²) in [6.45, 7) is 5.97. The highest BCUT2D eigenvalue weighted by Gasteiger charge is 2.25. The number of aryl methyl sites for hydroxylation is 1. The first-order valence-corrected chi connectivity index (χ1v) is 10.7. The molecule has 0 atom stereocenters. The molecule has 1 fully saturated rings. The molecule has 0 aliphatic carbocycles. The molecule has 0 bridgehead atoms. The van der Waals surface area contributed by atoms with Crippen molar-refractivity contribution in [2.24, 2.45) is 0 Å². The maximum absolute atomic E-state index is 13.5. The minimum absolute atomic E-state index is 0.179. The molecule has 1 aliphatic heterocycles. The highest BCUT2D eigenvalue weighted by Crippen LogP contribution is 2.29. The van der Waals surface area contributed by atoms with Gasteiger partial charge in [-0.2, -0.15) is 0 Å². The molecule has 9 heteroatoms. The molecule has 0 saturated carbocycles. The lowest BCUT2D eigenvalue weighted by Gasteiger charge is -2.27. The van der Waals surface area contributed by atoms with E-state index in [1.807, 2.05) is 29.2 Å². The van der Waals surface area contributed by atoms with E-state index in [-0.39, 0.29) is 18.2 Å². The lowest BCUT2D eigenvalue weighted by atomic mass is 10.1.